The molecule has 2 rings (SSSR count). The van der Waals surface area contributed by atoms with Crippen molar-refractivity contribution >= 4 is 5.91 Å². The van der Waals surface area contributed by atoms with Gasteiger partial charge in [-0.15, -0.1) is 6.42 Å². The van der Waals surface area contributed by atoms with Gasteiger partial charge in [0, 0.05) is 12.6 Å². The fourth-order valence-corrected chi connectivity index (χ4v) is 3.22. The predicted octanol–water partition coefficient (Wildman–Crippen LogP) is 0.751. The molecule has 1 amide bonds. The van der Waals surface area contributed by atoms with E-state index in [1.54, 1.807) is 0 Å². The number of nitrogens with zero attached hydrogens (tertiary/aromatic N) is 1. The summed E-state index contributed by atoms with van der Waals surface area (Å²) in [5.74, 6) is 3.20. The highest BCUT2D eigenvalue weighted by Gasteiger charge is 2.31. The molecule has 1 atom stereocenters. The van der Waals surface area contributed by atoms with Crippen LogP contribution in [0.4, 0.5) is 0 Å². The lowest BCUT2D eigenvalue weighted by Crippen LogP contribution is -2.48. The Morgan fingerprint density at radius 3 is 2.68 bits per heavy atom. The highest BCUT2D eigenvalue weighted by atomic mass is 16.3. The molecule has 4 nitrogen and oxygen atoms in total. The normalized spacial score (nSPS) is 31.9. The first-order valence-electron chi connectivity index (χ1n) is 7.33. The minimum Gasteiger partial charge on any atom is -0.396 e. The van der Waals surface area contributed by atoms with Crippen molar-refractivity contribution in [3.05, 3.63) is 0 Å². The van der Waals surface area contributed by atoms with Crippen LogP contribution in [0, 0.1) is 18.3 Å². The Morgan fingerprint density at radius 1 is 1.32 bits per heavy atom. The standard InChI is InChI=1S/C15H24N2O2/c1-2-9-17-10-3-4-14(17)15(19)16-13-7-5-12(11-18)6-8-13/h1,12-14,18H,3-11H2,(H,16,19)/t12?,13?,14-/m0/s1. The van der Waals surface area contributed by atoms with Crippen LogP contribution in [-0.2, 0) is 4.79 Å². The molecule has 1 aliphatic carbocycles. The van der Waals surface area contributed by atoms with E-state index in [9.17, 15) is 4.79 Å². The van der Waals surface area contributed by atoms with Gasteiger partial charge in [0.05, 0.1) is 12.6 Å². The zero-order valence-corrected chi connectivity index (χ0v) is 11.5. The summed E-state index contributed by atoms with van der Waals surface area (Å²) in [6.07, 6.45) is 11.3. The maximum atomic E-state index is 12.3. The van der Waals surface area contributed by atoms with E-state index < -0.39 is 0 Å². The van der Waals surface area contributed by atoms with Crippen molar-refractivity contribution in [2.24, 2.45) is 5.92 Å². The molecule has 1 saturated carbocycles. The highest BCUT2D eigenvalue weighted by molar-refractivity contribution is 5.82. The zero-order valence-electron chi connectivity index (χ0n) is 11.5. The molecule has 4 heteroatoms. The summed E-state index contributed by atoms with van der Waals surface area (Å²) in [5, 5.41) is 12.3. The highest BCUT2D eigenvalue weighted by Crippen LogP contribution is 2.24. The lowest BCUT2D eigenvalue weighted by molar-refractivity contribution is -0.126. The Kier molecular flexibility index (Phi) is 5.24. The quantitative estimate of drug-likeness (QED) is 0.737. The van der Waals surface area contributed by atoms with Gasteiger partial charge in [0.1, 0.15) is 0 Å². The van der Waals surface area contributed by atoms with Crippen LogP contribution in [-0.4, -0.2) is 47.7 Å². The van der Waals surface area contributed by atoms with Crippen LogP contribution in [0.25, 0.3) is 0 Å². The summed E-state index contributed by atoms with van der Waals surface area (Å²) in [6.45, 7) is 1.77. The van der Waals surface area contributed by atoms with E-state index in [1.807, 2.05) is 0 Å². The van der Waals surface area contributed by atoms with Gasteiger partial charge in [-0.1, -0.05) is 5.92 Å². The Hall–Kier alpha value is -1.05. The Bertz CT molecular complexity index is 343. The van der Waals surface area contributed by atoms with Gasteiger partial charge in [-0.05, 0) is 51.0 Å². The topological polar surface area (TPSA) is 52.6 Å². The molecule has 0 aromatic carbocycles. The largest absolute Gasteiger partial charge is 0.396 e. The van der Waals surface area contributed by atoms with Gasteiger partial charge in [-0.3, -0.25) is 9.69 Å². The molecule has 19 heavy (non-hydrogen) atoms. The van der Waals surface area contributed by atoms with E-state index in [2.05, 4.69) is 16.1 Å². The first-order valence-corrected chi connectivity index (χ1v) is 7.33. The predicted molar refractivity (Wildman–Crippen MR) is 74.4 cm³/mol. The van der Waals surface area contributed by atoms with Crippen LogP contribution in [0.1, 0.15) is 38.5 Å². The number of hydrogen-bond donors (Lipinski definition) is 2. The van der Waals surface area contributed by atoms with Crippen molar-refractivity contribution in [3.63, 3.8) is 0 Å². The third kappa shape index (κ3) is 3.71. The minimum absolute atomic E-state index is 0.0355. The number of rotatable bonds is 4. The third-order valence-electron chi connectivity index (χ3n) is 4.41. The first-order chi connectivity index (χ1) is 9.24. The van der Waals surface area contributed by atoms with E-state index in [0.717, 1.165) is 45.1 Å². The van der Waals surface area contributed by atoms with Crippen molar-refractivity contribution < 1.29 is 9.90 Å². The van der Waals surface area contributed by atoms with Gasteiger partial charge in [-0.2, -0.15) is 0 Å². The van der Waals surface area contributed by atoms with Gasteiger partial charge in [0.2, 0.25) is 5.91 Å². The summed E-state index contributed by atoms with van der Waals surface area (Å²) in [4.78, 5) is 14.4. The monoisotopic (exact) mass is 264 g/mol. The Morgan fingerprint density at radius 2 is 2.05 bits per heavy atom. The average molecular weight is 264 g/mol. The molecule has 2 aliphatic rings. The molecular weight excluding hydrogens is 240 g/mol. The molecule has 106 valence electrons. The fraction of sp³-hybridized carbons (Fsp3) is 0.800. The number of aliphatic hydroxyl groups is 1. The molecule has 2 fully saturated rings. The van der Waals surface area contributed by atoms with Crippen molar-refractivity contribution in [2.75, 3.05) is 19.7 Å². The van der Waals surface area contributed by atoms with Crippen molar-refractivity contribution in [3.8, 4) is 12.3 Å². The number of nitrogens with one attached hydrogen (secondary N) is 1. The van der Waals surface area contributed by atoms with E-state index in [-0.39, 0.29) is 24.6 Å². The first kappa shape index (κ1) is 14.4. The number of amides is 1. The number of aliphatic hydroxyl groups excluding tert-OH is 1. The number of terminal acetylenes is 1. The van der Waals surface area contributed by atoms with Crippen LogP contribution in [0.5, 0.6) is 0 Å². The maximum Gasteiger partial charge on any atom is 0.237 e. The van der Waals surface area contributed by atoms with Gasteiger partial charge in [0.15, 0.2) is 0 Å². The third-order valence-corrected chi connectivity index (χ3v) is 4.41. The lowest BCUT2D eigenvalue weighted by atomic mass is 9.86. The Labute approximate surface area is 115 Å². The van der Waals surface area contributed by atoms with E-state index >= 15 is 0 Å². The zero-order chi connectivity index (χ0) is 13.7. The summed E-state index contributed by atoms with van der Waals surface area (Å²) in [6, 6.07) is 0.246. The van der Waals surface area contributed by atoms with Crippen molar-refractivity contribution in [1.29, 1.82) is 0 Å². The number of carbonyl (C=O) groups excluding carboxylic acids is 1. The summed E-state index contributed by atoms with van der Waals surface area (Å²) < 4.78 is 0. The minimum atomic E-state index is -0.0355. The van der Waals surface area contributed by atoms with E-state index in [4.69, 9.17) is 11.5 Å². The van der Waals surface area contributed by atoms with Crippen LogP contribution in [0.3, 0.4) is 0 Å². The van der Waals surface area contributed by atoms with Crippen molar-refractivity contribution in [2.45, 2.75) is 50.6 Å². The lowest BCUT2D eigenvalue weighted by Gasteiger charge is -2.30. The molecule has 0 aromatic heterocycles. The molecule has 0 unspecified atom stereocenters. The second-order valence-corrected chi connectivity index (χ2v) is 5.74. The summed E-state index contributed by atoms with van der Waals surface area (Å²) in [7, 11) is 0. The van der Waals surface area contributed by atoms with Gasteiger partial charge in [0.25, 0.3) is 0 Å². The molecule has 1 saturated heterocycles. The van der Waals surface area contributed by atoms with E-state index in [0.29, 0.717) is 12.5 Å². The number of hydrogen-bond acceptors (Lipinski definition) is 3. The fourth-order valence-electron chi connectivity index (χ4n) is 3.22. The van der Waals surface area contributed by atoms with Gasteiger partial charge >= 0.3 is 0 Å². The van der Waals surface area contributed by atoms with Crippen molar-refractivity contribution in [1.82, 2.24) is 10.2 Å². The molecular formula is C15H24N2O2. The molecule has 1 aliphatic heterocycles. The smallest absolute Gasteiger partial charge is 0.237 e. The number of likely N-dealkylation sites (tertiary alicyclic amines) is 1. The number of carbonyl (C=O) groups is 1. The van der Waals surface area contributed by atoms with Crippen LogP contribution >= 0.6 is 0 Å². The second kappa shape index (κ2) is 6.93. The van der Waals surface area contributed by atoms with Gasteiger partial charge < -0.3 is 10.4 Å². The molecule has 1 heterocycles. The SMILES string of the molecule is C#CCN1CCC[C@H]1C(=O)NC1CCC(CO)CC1. The molecule has 0 bridgehead atoms. The molecule has 2 N–H and O–H groups in total. The maximum absolute atomic E-state index is 12.3. The second-order valence-electron chi connectivity index (χ2n) is 5.74. The molecule has 0 aromatic rings. The molecule has 0 spiro atoms. The Balaban J connectivity index is 1.79. The van der Waals surface area contributed by atoms with E-state index in [1.165, 1.54) is 0 Å². The van der Waals surface area contributed by atoms with Crippen LogP contribution < -0.4 is 5.32 Å². The van der Waals surface area contributed by atoms with Crippen LogP contribution in [0.15, 0.2) is 0 Å². The summed E-state index contributed by atoms with van der Waals surface area (Å²) in [5.41, 5.74) is 0. The summed E-state index contributed by atoms with van der Waals surface area (Å²) >= 11 is 0. The molecule has 0 radical (unpaired) electrons. The van der Waals surface area contributed by atoms with Crippen LogP contribution in [0.2, 0.25) is 0 Å². The van der Waals surface area contributed by atoms with Gasteiger partial charge in [-0.25, -0.2) is 0 Å². The average Bonchev–Trinajstić information content (AvgIpc) is 2.88.